The Bertz CT molecular complexity index is 434. The third kappa shape index (κ3) is 1.92. The van der Waals surface area contributed by atoms with Crippen LogP contribution in [0.3, 0.4) is 0 Å². The van der Waals surface area contributed by atoms with Crippen LogP contribution >= 0.6 is 11.8 Å². The van der Waals surface area contributed by atoms with Crippen molar-refractivity contribution in [3.05, 3.63) is 36.5 Å². The summed E-state index contributed by atoms with van der Waals surface area (Å²) in [6.07, 6.45) is 4.01. The molecular formula is C12H14N2S. The third-order valence-electron chi connectivity index (χ3n) is 2.39. The molecule has 78 valence electrons. The lowest BCUT2D eigenvalue weighted by Crippen LogP contribution is -1.98. The number of hydrogen-bond donors (Lipinski definition) is 0. The Kier molecular flexibility index (Phi) is 3.11. The first kappa shape index (κ1) is 10.3. The van der Waals surface area contributed by atoms with Crippen LogP contribution in [-0.2, 0) is 6.54 Å². The lowest BCUT2D eigenvalue weighted by molar-refractivity contribution is 0.688. The van der Waals surface area contributed by atoms with Gasteiger partial charge in [0, 0.05) is 6.54 Å². The van der Waals surface area contributed by atoms with Gasteiger partial charge >= 0.3 is 0 Å². The van der Waals surface area contributed by atoms with Gasteiger partial charge in [0.15, 0.2) is 5.16 Å². The molecule has 0 amide bonds. The Hall–Kier alpha value is -1.22. The van der Waals surface area contributed by atoms with Gasteiger partial charge in [-0.3, -0.25) is 0 Å². The van der Waals surface area contributed by atoms with Crippen LogP contribution in [0.2, 0.25) is 0 Å². The van der Waals surface area contributed by atoms with Crippen molar-refractivity contribution in [1.82, 2.24) is 9.55 Å². The van der Waals surface area contributed by atoms with E-state index in [-0.39, 0.29) is 0 Å². The molecule has 0 bridgehead atoms. The van der Waals surface area contributed by atoms with Gasteiger partial charge in [0.05, 0.1) is 11.9 Å². The second kappa shape index (κ2) is 4.53. The summed E-state index contributed by atoms with van der Waals surface area (Å²) in [4.78, 5) is 4.41. The van der Waals surface area contributed by atoms with Crippen LogP contribution in [0.1, 0.15) is 6.92 Å². The van der Waals surface area contributed by atoms with Crippen LogP contribution in [0.4, 0.5) is 0 Å². The van der Waals surface area contributed by atoms with Crippen molar-refractivity contribution in [1.29, 1.82) is 0 Å². The maximum atomic E-state index is 4.41. The number of benzene rings is 1. The maximum Gasteiger partial charge on any atom is 0.168 e. The predicted octanol–water partition coefficient (Wildman–Crippen LogP) is 3.29. The Labute approximate surface area is 94.3 Å². The van der Waals surface area contributed by atoms with Gasteiger partial charge in [-0.1, -0.05) is 42.1 Å². The molecule has 0 atom stereocenters. The summed E-state index contributed by atoms with van der Waals surface area (Å²) >= 11 is 1.69. The molecule has 0 saturated carbocycles. The smallest absolute Gasteiger partial charge is 0.168 e. The van der Waals surface area contributed by atoms with Crippen LogP contribution < -0.4 is 0 Å². The fourth-order valence-electron chi connectivity index (χ4n) is 1.67. The van der Waals surface area contributed by atoms with Crippen LogP contribution in [0.25, 0.3) is 11.3 Å². The molecule has 0 aliphatic carbocycles. The summed E-state index contributed by atoms with van der Waals surface area (Å²) in [5, 5.41) is 1.08. The van der Waals surface area contributed by atoms with Crippen LogP contribution in [0.15, 0.2) is 41.7 Å². The predicted molar refractivity (Wildman–Crippen MR) is 65.1 cm³/mol. The lowest BCUT2D eigenvalue weighted by Gasteiger charge is -2.07. The summed E-state index contributed by atoms with van der Waals surface area (Å²) in [5.74, 6) is 0. The van der Waals surface area contributed by atoms with Crippen LogP contribution in [0.5, 0.6) is 0 Å². The molecular weight excluding hydrogens is 204 g/mol. The number of imidazole rings is 1. The normalized spacial score (nSPS) is 10.5. The summed E-state index contributed by atoms with van der Waals surface area (Å²) < 4.78 is 2.24. The quantitative estimate of drug-likeness (QED) is 0.736. The molecule has 1 aromatic heterocycles. The van der Waals surface area contributed by atoms with E-state index in [1.54, 1.807) is 11.8 Å². The molecule has 2 aromatic rings. The minimum absolute atomic E-state index is 0.959. The molecule has 0 fully saturated rings. The van der Waals surface area contributed by atoms with Gasteiger partial charge in [0.25, 0.3) is 0 Å². The van der Waals surface area contributed by atoms with Crippen molar-refractivity contribution in [3.8, 4) is 11.3 Å². The van der Waals surface area contributed by atoms with Crippen molar-refractivity contribution in [2.24, 2.45) is 0 Å². The van der Waals surface area contributed by atoms with E-state index in [1.807, 2.05) is 12.3 Å². The Morgan fingerprint density at radius 1 is 1.27 bits per heavy atom. The van der Waals surface area contributed by atoms with Gasteiger partial charge < -0.3 is 4.57 Å². The molecule has 1 aromatic carbocycles. The van der Waals surface area contributed by atoms with Crippen molar-refractivity contribution in [2.75, 3.05) is 6.26 Å². The molecule has 0 aliphatic heterocycles. The molecule has 0 N–H and O–H groups in total. The maximum absolute atomic E-state index is 4.41. The molecule has 0 radical (unpaired) electrons. The highest BCUT2D eigenvalue weighted by atomic mass is 32.2. The van der Waals surface area contributed by atoms with Crippen molar-refractivity contribution in [3.63, 3.8) is 0 Å². The molecule has 1 heterocycles. The highest BCUT2D eigenvalue weighted by Crippen LogP contribution is 2.24. The molecule has 0 saturated heterocycles. The zero-order valence-corrected chi connectivity index (χ0v) is 9.79. The minimum Gasteiger partial charge on any atom is -0.319 e. The van der Waals surface area contributed by atoms with E-state index in [4.69, 9.17) is 0 Å². The Morgan fingerprint density at radius 2 is 2.00 bits per heavy atom. The third-order valence-corrected chi connectivity index (χ3v) is 3.08. The first-order valence-electron chi connectivity index (χ1n) is 5.01. The summed E-state index contributed by atoms with van der Waals surface area (Å²) in [7, 11) is 0. The molecule has 2 rings (SSSR count). The fourth-order valence-corrected chi connectivity index (χ4v) is 2.27. The molecule has 0 spiro atoms. The van der Waals surface area contributed by atoms with E-state index < -0.39 is 0 Å². The van der Waals surface area contributed by atoms with E-state index in [0.29, 0.717) is 0 Å². The van der Waals surface area contributed by atoms with Crippen LogP contribution in [-0.4, -0.2) is 15.8 Å². The number of nitrogens with zero attached hydrogens (tertiary/aromatic N) is 2. The van der Waals surface area contributed by atoms with Gasteiger partial charge in [-0.15, -0.1) is 0 Å². The largest absolute Gasteiger partial charge is 0.319 e. The molecule has 0 aliphatic rings. The topological polar surface area (TPSA) is 17.8 Å². The van der Waals surface area contributed by atoms with Gasteiger partial charge in [-0.2, -0.15) is 0 Å². The SMILES string of the molecule is CCn1c(-c2ccccc2)cnc1SC. The van der Waals surface area contributed by atoms with Gasteiger partial charge in [0.1, 0.15) is 0 Å². The second-order valence-electron chi connectivity index (χ2n) is 3.24. The van der Waals surface area contributed by atoms with Gasteiger partial charge in [-0.05, 0) is 18.7 Å². The minimum atomic E-state index is 0.959. The standard InChI is InChI=1S/C12H14N2S/c1-3-14-11(9-13-12(14)15-2)10-7-5-4-6-8-10/h4-9H,3H2,1-2H3. The average molecular weight is 218 g/mol. The van der Waals surface area contributed by atoms with E-state index >= 15 is 0 Å². The summed E-state index contributed by atoms with van der Waals surface area (Å²) in [5.41, 5.74) is 2.43. The molecule has 3 heteroatoms. The first-order chi connectivity index (χ1) is 7.36. The van der Waals surface area contributed by atoms with E-state index in [9.17, 15) is 0 Å². The first-order valence-corrected chi connectivity index (χ1v) is 6.24. The van der Waals surface area contributed by atoms with Crippen LogP contribution in [0, 0.1) is 0 Å². The zero-order chi connectivity index (χ0) is 10.7. The number of aromatic nitrogens is 2. The Morgan fingerprint density at radius 3 is 2.60 bits per heavy atom. The Balaban J connectivity index is 2.49. The van der Waals surface area contributed by atoms with E-state index in [1.165, 1.54) is 11.3 Å². The van der Waals surface area contributed by atoms with Crippen molar-refractivity contribution in [2.45, 2.75) is 18.6 Å². The van der Waals surface area contributed by atoms with Gasteiger partial charge in [-0.25, -0.2) is 4.98 Å². The summed E-state index contributed by atoms with van der Waals surface area (Å²) in [6.45, 7) is 3.11. The van der Waals surface area contributed by atoms with Crippen molar-refractivity contribution >= 4 is 11.8 Å². The molecule has 2 nitrogen and oxygen atoms in total. The number of rotatable bonds is 3. The van der Waals surface area contributed by atoms with Crippen molar-refractivity contribution < 1.29 is 0 Å². The average Bonchev–Trinajstić information content (AvgIpc) is 2.72. The monoisotopic (exact) mass is 218 g/mol. The lowest BCUT2D eigenvalue weighted by atomic mass is 10.2. The second-order valence-corrected chi connectivity index (χ2v) is 4.01. The number of thioether (sulfide) groups is 1. The van der Waals surface area contributed by atoms with Gasteiger partial charge in [0.2, 0.25) is 0 Å². The summed E-state index contributed by atoms with van der Waals surface area (Å²) in [6, 6.07) is 10.4. The highest BCUT2D eigenvalue weighted by molar-refractivity contribution is 7.98. The fraction of sp³-hybridized carbons (Fsp3) is 0.250. The van der Waals surface area contributed by atoms with E-state index in [2.05, 4.69) is 47.0 Å². The molecule has 0 unspecified atom stereocenters. The zero-order valence-electron chi connectivity index (χ0n) is 8.97. The number of hydrogen-bond acceptors (Lipinski definition) is 2. The highest BCUT2D eigenvalue weighted by Gasteiger charge is 2.08. The molecule has 15 heavy (non-hydrogen) atoms. The van der Waals surface area contributed by atoms with E-state index in [0.717, 1.165) is 11.7 Å².